The molecule has 2 unspecified atom stereocenters. The molecule has 1 aromatic rings. The van der Waals surface area contributed by atoms with Gasteiger partial charge >= 0.3 is 5.97 Å². The Bertz CT molecular complexity index is 552. The topological polar surface area (TPSA) is 29.5 Å². The van der Waals surface area contributed by atoms with E-state index >= 15 is 0 Å². The summed E-state index contributed by atoms with van der Waals surface area (Å²) in [5.41, 5.74) is 2.39. The fourth-order valence-electron chi connectivity index (χ4n) is 4.27. The summed E-state index contributed by atoms with van der Waals surface area (Å²) in [5, 5.41) is 0. The van der Waals surface area contributed by atoms with E-state index in [1.165, 1.54) is 18.4 Å². The van der Waals surface area contributed by atoms with Crippen molar-refractivity contribution in [2.24, 2.45) is 5.92 Å². The lowest BCUT2D eigenvalue weighted by atomic mass is 9.96. The van der Waals surface area contributed by atoms with Crippen molar-refractivity contribution in [3.05, 3.63) is 35.4 Å². The van der Waals surface area contributed by atoms with Gasteiger partial charge in [0.2, 0.25) is 0 Å². The standard InChI is InChI=1S/C21H31NO2/c1-14(2)11-16-5-7-17(8-6-16)15(3)21(23)24-20-12-18-9-10-19(13-20)22(18)4/h5-8,14-15,18-20H,9-13H2,1-4H3/t15?,18-,19+,20?. The van der Waals surface area contributed by atoms with E-state index in [4.69, 9.17) is 4.74 Å². The number of carbonyl (C=O) groups excluding carboxylic acids is 1. The number of benzene rings is 1. The van der Waals surface area contributed by atoms with Crippen LogP contribution in [0.4, 0.5) is 0 Å². The molecule has 2 saturated heterocycles. The van der Waals surface area contributed by atoms with E-state index in [0.717, 1.165) is 24.8 Å². The maximum absolute atomic E-state index is 12.6. The Morgan fingerprint density at radius 1 is 1.12 bits per heavy atom. The van der Waals surface area contributed by atoms with Crippen molar-refractivity contribution in [2.75, 3.05) is 7.05 Å². The lowest BCUT2D eigenvalue weighted by molar-refractivity contribution is -0.153. The number of hydrogen-bond donors (Lipinski definition) is 0. The first kappa shape index (κ1) is 17.5. The van der Waals surface area contributed by atoms with Crippen molar-refractivity contribution >= 4 is 5.97 Å². The van der Waals surface area contributed by atoms with Gasteiger partial charge < -0.3 is 9.64 Å². The highest BCUT2D eigenvalue weighted by atomic mass is 16.5. The summed E-state index contributed by atoms with van der Waals surface area (Å²) >= 11 is 0. The smallest absolute Gasteiger partial charge is 0.313 e. The summed E-state index contributed by atoms with van der Waals surface area (Å²) in [6.45, 7) is 6.41. The van der Waals surface area contributed by atoms with Crippen LogP contribution >= 0.6 is 0 Å². The molecule has 3 nitrogen and oxygen atoms in total. The Kier molecular flexibility index (Phi) is 5.29. The van der Waals surface area contributed by atoms with Crippen molar-refractivity contribution in [3.8, 4) is 0 Å². The summed E-state index contributed by atoms with van der Waals surface area (Å²) in [6.07, 6.45) is 5.69. The van der Waals surface area contributed by atoms with Crippen LogP contribution in [-0.2, 0) is 16.0 Å². The van der Waals surface area contributed by atoms with Crippen LogP contribution in [0.25, 0.3) is 0 Å². The molecule has 1 aromatic carbocycles. The Morgan fingerprint density at radius 3 is 2.25 bits per heavy atom. The van der Waals surface area contributed by atoms with Gasteiger partial charge in [-0.3, -0.25) is 4.79 Å². The number of ether oxygens (including phenoxy) is 1. The van der Waals surface area contributed by atoms with Gasteiger partial charge in [-0.2, -0.15) is 0 Å². The van der Waals surface area contributed by atoms with Gasteiger partial charge in [-0.15, -0.1) is 0 Å². The third-order valence-corrected chi connectivity index (χ3v) is 5.82. The van der Waals surface area contributed by atoms with E-state index in [-0.39, 0.29) is 18.0 Å². The molecule has 3 rings (SSSR count). The number of nitrogens with zero attached hydrogens (tertiary/aromatic N) is 1. The van der Waals surface area contributed by atoms with Crippen LogP contribution < -0.4 is 0 Å². The monoisotopic (exact) mass is 329 g/mol. The highest BCUT2D eigenvalue weighted by molar-refractivity contribution is 5.77. The van der Waals surface area contributed by atoms with E-state index in [0.29, 0.717) is 18.0 Å². The van der Waals surface area contributed by atoms with E-state index in [9.17, 15) is 4.79 Å². The van der Waals surface area contributed by atoms with Gasteiger partial charge in [0.05, 0.1) is 5.92 Å². The quantitative estimate of drug-likeness (QED) is 0.760. The first-order chi connectivity index (χ1) is 11.4. The molecule has 0 saturated carbocycles. The van der Waals surface area contributed by atoms with Gasteiger partial charge in [0.25, 0.3) is 0 Å². The summed E-state index contributed by atoms with van der Waals surface area (Å²) in [5.74, 6) is 0.397. The Morgan fingerprint density at radius 2 is 1.71 bits per heavy atom. The molecule has 0 amide bonds. The largest absolute Gasteiger partial charge is 0.462 e. The highest BCUT2D eigenvalue weighted by Crippen LogP contribution is 2.36. The van der Waals surface area contributed by atoms with Gasteiger partial charge in [-0.05, 0) is 63.1 Å². The van der Waals surface area contributed by atoms with Crippen LogP contribution in [0.2, 0.25) is 0 Å². The van der Waals surface area contributed by atoms with Crippen molar-refractivity contribution in [1.29, 1.82) is 0 Å². The van der Waals surface area contributed by atoms with Crippen LogP contribution in [-0.4, -0.2) is 36.1 Å². The second-order valence-electron chi connectivity index (χ2n) is 8.14. The zero-order chi connectivity index (χ0) is 17.3. The van der Waals surface area contributed by atoms with Crippen LogP contribution in [0, 0.1) is 5.92 Å². The molecule has 2 aliphatic rings. The molecule has 2 aliphatic heterocycles. The third kappa shape index (κ3) is 3.83. The minimum Gasteiger partial charge on any atom is -0.462 e. The summed E-state index contributed by atoms with van der Waals surface area (Å²) < 4.78 is 5.87. The predicted molar refractivity (Wildman–Crippen MR) is 97.1 cm³/mol. The lowest BCUT2D eigenvalue weighted by Gasteiger charge is -2.36. The average molecular weight is 329 g/mol. The maximum Gasteiger partial charge on any atom is 0.313 e. The predicted octanol–water partition coefficient (Wildman–Crippen LogP) is 4.16. The second kappa shape index (κ2) is 7.26. The summed E-state index contributed by atoms with van der Waals surface area (Å²) in [6, 6.07) is 9.67. The van der Waals surface area contributed by atoms with Gasteiger partial charge in [0.15, 0.2) is 0 Å². The Balaban J connectivity index is 1.57. The molecule has 3 heteroatoms. The molecule has 0 spiro atoms. The number of esters is 1. The first-order valence-corrected chi connectivity index (χ1v) is 9.45. The Labute approximate surface area is 146 Å². The molecule has 2 fully saturated rings. The highest BCUT2D eigenvalue weighted by Gasteiger charge is 2.40. The zero-order valence-corrected chi connectivity index (χ0v) is 15.5. The normalized spacial score (nSPS) is 28.1. The molecule has 132 valence electrons. The van der Waals surface area contributed by atoms with E-state index in [2.05, 4.69) is 50.1 Å². The molecular formula is C21H31NO2. The van der Waals surface area contributed by atoms with Crippen LogP contribution in [0.3, 0.4) is 0 Å². The number of rotatable bonds is 5. The third-order valence-electron chi connectivity index (χ3n) is 5.82. The zero-order valence-electron chi connectivity index (χ0n) is 15.5. The number of fused-ring (bicyclic) bond motifs is 2. The number of piperidine rings is 1. The average Bonchev–Trinajstić information content (AvgIpc) is 2.75. The molecule has 2 heterocycles. The van der Waals surface area contributed by atoms with E-state index in [1.807, 2.05) is 6.92 Å². The van der Waals surface area contributed by atoms with Crippen molar-refractivity contribution in [2.45, 2.75) is 77.0 Å². The maximum atomic E-state index is 12.6. The molecule has 0 aliphatic carbocycles. The van der Waals surface area contributed by atoms with Gasteiger partial charge in [0.1, 0.15) is 6.10 Å². The summed E-state index contributed by atoms with van der Waals surface area (Å²) in [7, 11) is 2.21. The minimum atomic E-state index is -0.185. The fraction of sp³-hybridized carbons (Fsp3) is 0.667. The first-order valence-electron chi connectivity index (χ1n) is 9.45. The molecule has 4 atom stereocenters. The number of hydrogen-bond acceptors (Lipinski definition) is 3. The van der Waals surface area contributed by atoms with Crippen LogP contribution in [0.5, 0.6) is 0 Å². The molecule has 0 aromatic heterocycles. The summed E-state index contributed by atoms with van der Waals surface area (Å²) in [4.78, 5) is 15.0. The van der Waals surface area contributed by atoms with E-state index < -0.39 is 0 Å². The second-order valence-corrected chi connectivity index (χ2v) is 8.14. The van der Waals surface area contributed by atoms with Crippen LogP contribution in [0.1, 0.15) is 63.5 Å². The minimum absolute atomic E-state index is 0.0689. The number of carbonyl (C=O) groups is 1. The molecular weight excluding hydrogens is 298 g/mol. The molecule has 2 bridgehead atoms. The van der Waals surface area contributed by atoms with Crippen LogP contribution in [0.15, 0.2) is 24.3 Å². The van der Waals surface area contributed by atoms with E-state index in [1.54, 1.807) is 0 Å². The fourth-order valence-corrected chi connectivity index (χ4v) is 4.27. The van der Waals surface area contributed by atoms with Crippen molar-refractivity contribution in [3.63, 3.8) is 0 Å². The van der Waals surface area contributed by atoms with Gasteiger partial charge in [-0.25, -0.2) is 0 Å². The lowest BCUT2D eigenvalue weighted by Crippen LogP contribution is -2.43. The SMILES string of the molecule is CC(C)Cc1ccc(C(C)C(=O)OC2C[C@H]3CC[C@@H](C2)N3C)cc1. The molecule has 0 N–H and O–H groups in total. The van der Waals surface area contributed by atoms with Crippen molar-refractivity contribution in [1.82, 2.24) is 4.90 Å². The van der Waals surface area contributed by atoms with Gasteiger partial charge in [-0.1, -0.05) is 38.1 Å². The van der Waals surface area contributed by atoms with Crippen molar-refractivity contribution < 1.29 is 9.53 Å². The van der Waals surface area contributed by atoms with Gasteiger partial charge in [0, 0.05) is 12.1 Å². The Hall–Kier alpha value is -1.35. The molecule has 0 radical (unpaired) electrons. The molecule has 24 heavy (non-hydrogen) atoms.